The molecule has 2 heterocycles. The second kappa shape index (κ2) is 12.9. The van der Waals surface area contributed by atoms with Gasteiger partial charge in [-0.1, -0.05) is 152 Å². The predicted octanol–water partition coefficient (Wildman–Crippen LogP) is 13.5. The minimum absolute atomic E-state index is 0.682. The van der Waals surface area contributed by atoms with Crippen molar-refractivity contribution in [3.8, 4) is 67.3 Å². The third kappa shape index (κ3) is 5.75. The molecule has 0 saturated heterocycles. The van der Waals surface area contributed by atoms with E-state index < -0.39 is 0 Å². The molecule has 53 heavy (non-hydrogen) atoms. The molecule has 248 valence electrons. The third-order valence-corrected chi connectivity index (χ3v) is 10.1. The Morgan fingerprint density at radius 2 is 0.906 bits per heavy atom. The van der Waals surface area contributed by atoms with Crippen molar-refractivity contribution in [2.75, 3.05) is 0 Å². The van der Waals surface area contributed by atoms with Gasteiger partial charge in [0.15, 0.2) is 5.82 Å². The quantitative estimate of drug-likeness (QED) is 0.176. The van der Waals surface area contributed by atoms with Gasteiger partial charge in [-0.15, -0.1) is 0 Å². The highest BCUT2D eigenvalue weighted by Crippen LogP contribution is 2.40. The maximum atomic E-state index is 6.34. The lowest BCUT2D eigenvalue weighted by molar-refractivity contribution is 0.669. The van der Waals surface area contributed by atoms with Crippen molar-refractivity contribution in [1.29, 1.82) is 0 Å². The van der Waals surface area contributed by atoms with Gasteiger partial charge in [0, 0.05) is 27.5 Å². The molecule has 0 bridgehead atoms. The van der Waals surface area contributed by atoms with Crippen LogP contribution in [-0.2, 0) is 0 Å². The summed E-state index contributed by atoms with van der Waals surface area (Å²) >= 11 is 0. The van der Waals surface area contributed by atoms with E-state index in [0.29, 0.717) is 5.82 Å². The van der Waals surface area contributed by atoms with Crippen molar-refractivity contribution >= 4 is 32.7 Å². The molecule has 0 aliphatic heterocycles. The van der Waals surface area contributed by atoms with E-state index in [-0.39, 0.29) is 0 Å². The summed E-state index contributed by atoms with van der Waals surface area (Å²) in [5, 5.41) is 4.63. The Bertz CT molecular complexity index is 2930. The topological polar surface area (TPSA) is 38.9 Å². The molecule has 0 unspecified atom stereocenters. The van der Waals surface area contributed by atoms with Gasteiger partial charge in [-0.2, -0.15) is 0 Å². The predicted molar refractivity (Wildman–Crippen MR) is 219 cm³/mol. The van der Waals surface area contributed by atoms with Gasteiger partial charge in [-0.3, -0.25) is 0 Å². The van der Waals surface area contributed by atoms with Crippen LogP contribution in [0.15, 0.2) is 199 Å². The summed E-state index contributed by atoms with van der Waals surface area (Å²) in [5.41, 5.74) is 13.3. The van der Waals surface area contributed by atoms with Crippen LogP contribution in [0.1, 0.15) is 0 Å². The minimum Gasteiger partial charge on any atom is -0.456 e. The number of benzene rings is 8. The van der Waals surface area contributed by atoms with E-state index in [1.54, 1.807) is 0 Å². The Morgan fingerprint density at radius 1 is 0.321 bits per heavy atom. The van der Waals surface area contributed by atoms with E-state index in [4.69, 9.17) is 14.4 Å². The maximum Gasteiger partial charge on any atom is 0.160 e. The molecule has 0 aliphatic rings. The summed E-state index contributed by atoms with van der Waals surface area (Å²) in [6, 6.07) is 68.1. The molecule has 3 heteroatoms. The van der Waals surface area contributed by atoms with Crippen LogP contribution < -0.4 is 0 Å². The molecule has 0 N–H and O–H groups in total. The summed E-state index contributed by atoms with van der Waals surface area (Å²) in [4.78, 5) is 10.4. The van der Waals surface area contributed by atoms with Crippen LogP contribution in [0.3, 0.4) is 0 Å². The zero-order valence-electron chi connectivity index (χ0n) is 28.8. The number of furan rings is 1. The zero-order valence-corrected chi connectivity index (χ0v) is 28.8. The highest BCUT2D eigenvalue weighted by atomic mass is 16.3. The molecule has 8 aromatic carbocycles. The summed E-state index contributed by atoms with van der Waals surface area (Å²) in [7, 11) is 0. The average Bonchev–Trinajstić information content (AvgIpc) is 3.63. The smallest absolute Gasteiger partial charge is 0.160 e. The highest BCUT2D eigenvalue weighted by molar-refractivity contribution is 6.12. The van der Waals surface area contributed by atoms with E-state index >= 15 is 0 Å². The first-order chi connectivity index (χ1) is 26.2. The fourth-order valence-electron chi connectivity index (χ4n) is 7.41. The Morgan fingerprint density at radius 3 is 1.72 bits per heavy atom. The van der Waals surface area contributed by atoms with Crippen LogP contribution in [0.2, 0.25) is 0 Å². The molecular weight excluding hydrogens is 645 g/mol. The fourth-order valence-corrected chi connectivity index (χ4v) is 7.41. The van der Waals surface area contributed by atoms with E-state index in [0.717, 1.165) is 77.8 Å². The van der Waals surface area contributed by atoms with Crippen molar-refractivity contribution in [3.63, 3.8) is 0 Å². The maximum absolute atomic E-state index is 6.34. The lowest BCUT2D eigenvalue weighted by Gasteiger charge is -2.14. The number of aromatic nitrogens is 2. The molecular formula is C50H32N2O. The number of nitrogens with zero attached hydrogens (tertiary/aromatic N) is 2. The normalized spacial score (nSPS) is 11.4. The molecule has 0 amide bonds. The van der Waals surface area contributed by atoms with E-state index in [1.807, 2.05) is 24.3 Å². The SMILES string of the molecule is c1ccc(-c2ccc(-c3nc(-c4ccccc4)cc(-c4cc(-c5ccc6ccccc6c5)cc(-c5cccc6oc7ccccc7c56)c4)n3)cc2)cc1. The highest BCUT2D eigenvalue weighted by Gasteiger charge is 2.17. The molecule has 0 fully saturated rings. The standard InChI is InChI=1S/C50H32N2O/c1-3-12-33(13-4-1)35-22-25-37(26-23-35)50-51-45(36-15-5-2-6-16-36)32-46(52-50)42-30-40(39-27-24-34-14-7-8-17-38(34)28-39)29-41(31-42)43-19-11-21-48-49(43)44-18-9-10-20-47(44)53-48/h1-32H. The van der Waals surface area contributed by atoms with Crippen LogP contribution in [0.4, 0.5) is 0 Å². The molecule has 0 aliphatic carbocycles. The van der Waals surface area contributed by atoms with E-state index in [9.17, 15) is 0 Å². The van der Waals surface area contributed by atoms with Gasteiger partial charge in [-0.05, 0) is 86.6 Å². The fraction of sp³-hybridized carbons (Fsp3) is 0. The minimum atomic E-state index is 0.682. The molecule has 10 rings (SSSR count). The molecule has 0 atom stereocenters. The van der Waals surface area contributed by atoms with Gasteiger partial charge in [0.05, 0.1) is 11.4 Å². The Kier molecular flexibility index (Phi) is 7.47. The van der Waals surface area contributed by atoms with Gasteiger partial charge < -0.3 is 4.42 Å². The monoisotopic (exact) mass is 676 g/mol. The molecule has 2 aromatic heterocycles. The Labute approximate surface area is 307 Å². The second-order valence-corrected chi connectivity index (χ2v) is 13.4. The van der Waals surface area contributed by atoms with E-state index in [1.165, 1.54) is 16.3 Å². The van der Waals surface area contributed by atoms with Crippen LogP contribution >= 0.6 is 0 Å². The number of rotatable bonds is 6. The summed E-state index contributed by atoms with van der Waals surface area (Å²) in [6.45, 7) is 0. The molecule has 3 nitrogen and oxygen atoms in total. The molecule has 0 radical (unpaired) electrons. The van der Waals surface area contributed by atoms with Crippen molar-refractivity contribution in [2.45, 2.75) is 0 Å². The lowest BCUT2D eigenvalue weighted by Crippen LogP contribution is -1.97. The summed E-state index contributed by atoms with van der Waals surface area (Å²) in [5.74, 6) is 0.682. The second-order valence-electron chi connectivity index (χ2n) is 13.4. The lowest BCUT2D eigenvalue weighted by atomic mass is 9.92. The van der Waals surface area contributed by atoms with Gasteiger partial charge in [0.2, 0.25) is 0 Å². The first-order valence-corrected chi connectivity index (χ1v) is 17.9. The average molecular weight is 677 g/mol. The van der Waals surface area contributed by atoms with Crippen molar-refractivity contribution in [1.82, 2.24) is 9.97 Å². The van der Waals surface area contributed by atoms with Gasteiger partial charge in [-0.25, -0.2) is 9.97 Å². The van der Waals surface area contributed by atoms with Crippen LogP contribution in [0, 0.1) is 0 Å². The van der Waals surface area contributed by atoms with Crippen molar-refractivity contribution < 1.29 is 4.42 Å². The zero-order chi connectivity index (χ0) is 35.1. The van der Waals surface area contributed by atoms with Gasteiger partial charge >= 0.3 is 0 Å². The van der Waals surface area contributed by atoms with Gasteiger partial charge in [0.25, 0.3) is 0 Å². The van der Waals surface area contributed by atoms with Crippen LogP contribution in [0.25, 0.3) is 100.0 Å². The third-order valence-electron chi connectivity index (χ3n) is 10.1. The number of fused-ring (bicyclic) bond motifs is 4. The largest absolute Gasteiger partial charge is 0.456 e. The Balaban J connectivity index is 1.19. The van der Waals surface area contributed by atoms with E-state index in [2.05, 4.69) is 170 Å². The summed E-state index contributed by atoms with van der Waals surface area (Å²) in [6.07, 6.45) is 0. The van der Waals surface area contributed by atoms with Gasteiger partial charge in [0.1, 0.15) is 11.2 Å². The summed E-state index contributed by atoms with van der Waals surface area (Å²) < 4.78 is 6.34. The molecule has 10 aromatic rings. The number of para-hydroxylation sites is 1. The van der Waals surface area contributed by atoms with Crippen molar-refractivity contribution in [2.24, 2.45) is 0 Å². The number of hydrogen-bond donors (Lipinski definition) is 0. The molecule has 0 saturated carbocycles. The molecule has 0 spiro atoms. The van der Waals surface area contributed by atoms with Crippen LogP contribution in [-0.4, -0.2) is 9.97 Å². The first-order valence-electron chi connectivity index (χ1n) is 17.9. The Hall–Kier alpha value is -7.10. The van der Waals surface area contributed by atoms with Crippen molar-refractivity contribution in [3.05, 3.63) is 194 Å². The first kappa shape index (κ1) is 30.7. The van der Waals surface area contributed by atoms with Crippen LogP contribution in [0.5, 0.6) is 0 Å². The number of hydrogen-bond acceptors (Lipinski definition) is 3.